The average Bonchev–Trinajstić information content (AvgIpc) is 3.66. The van der Waals surface area contributed by atoms with E-state index < -0.39 is 0 Å². The summed E-state index contributed by atoms with van der Waals surface area (Å²) in [6, 6.07) is 19.2. The zero-order chi connectivity index (χ0) is 33.4. The molecule has 0 N–H and O–H groups in total. The average molecular weight is 621 g/mol. The molecule has 0 saturated heterocycles. The van der Waals surface area contributed by atoms with Gasteiger partial charge in [-0.3, -0.25) is 0 Å². The fourth-order valence-corrected chi connectivity index (χ4v) is 9.24. The molecule has 7 rings (SSSR count). The molecule has 47 heavy (non-hydrogen) atoms. The van der Waals surface area contributed by atoms with E-state index >= 15 is 0 Å². The number of ether oxygens (including phenoxy) is 1. The van der Waals surface area contributed by atoms with Gasteiger partial charge >= 0.3 is 0 Å². The van der Waals surface area contributed by atoms with Gasteiger partial charge in [0.2, 0.25) is 0 Å². The molecule has 3 aliphatic rings. The molecule has 0 aromatic heterocycles. The van der Waals surface area contributed by atoms with Gasteiger partial charge in [-0.05, 0) is 129 Å². The van der Waals surface area contributed by atoms with E-state index in [4.69, 9.17) is 4.74 Å². The van der Waals surface area contributed by atoms with Gasteiger partial charge in [0.15, 0.2) is 0 Å². The lowest BCUT2D eigenvalue weighted by Gasteiger charge is -2.28. The number of hydrogen-bond donors (Lipinski definition) is 0. The zero-order valence-electron chi connectivity index (χ0n) is 30.4. The highest BCUT2D eigenvalue weighted by atomic mass is 16.5. The maximum Gasteiger partial charge on any atom is 0.131 e. The Kier molecular flexibility index (Phi) is 7.90. The third-order valence-corrected chi connectivity index (χ3v) is 11.2. The Balaban J connectivity index is 1.30. The smallest absolute Gasteiger partial charge is 0.131 e. The lowest BCUT2D eigenvalue weighted by atomic mass is 9.78. The lowest BCUT2D eigenvalue weighted by molar-refractivity contribution is 0.398. The van der Waals surface area contributed by atoms with E-state index in [0.717, 1.165) is 18.6 Å². The Morgan fingerprint density at radius 1 is 0.617 bits per heavy atom. The fourth-order valence-electron chi connectivity index (χ4n) is 9.24. The molecule has 0 amide bonds. The minimum atomic E-state index is -0.0380. The summed E-state index contributed by atoms with van der Waals surface area (Å²) >= 11 is 0. The summed E-state index contributed by atoms with van der Waals surface area (Å²) in [6.45, 7) is 20.6. The van der Waals surface area contributed by atoms with Gasteiger partial charge in [0.05, 0.1) is 7.11 Å². The molecule has 0 heterocycles. The minimum absolute atomic E-state index is 0.0380. The summed E-state index contributed by atoms with van der Waals surface area (Å²) in [4.78, 5) is 0. The topological polar surface area (TPSA) is 9.23 Å². The van der Waals surface area contributed by atoms with Crippen LogP contribution in [0.1, 0.15) is 127 Å². The first kappa shape index (κ1) is 31.7. The van der Waals surface area contributed by atoms with E-state index in [2.05, 4.69) is 123 Å². The second kappa shape index (κ2) is 11.7. The SMILES string of the molecule is COc1c(C(C)(C)C)cc2c(c1-c1cc(C)cc(C)c1)C=C(C)C2CCC1C(C)=Cc2c1cc1c(c2-c2cc(C)cc(C)c2)CCC1. The van der Waals surface area contributed by atoms with Crippen molar-refractivity contribution in [3.8, 4) is 28.0 Å². The summed E-state index contributed by atoms with van der Waals surface area (Å²) in [5.41, 5.74) is 24.1. The van der Waals surface area contributed by atoms with E-state index in [-0.39, 0.29) is 5.41 Å². The first-order valence-corrected chi connectivity index (χ1v) is 17.8. The van der Waals surface area contributed by atoms with Gasteiger partial charge in [0, 0.05) is 23.0 Å². The van der Waals surface area contributed by atoms with E-state index in [0.29, 0.717) is 11.8 Å². The quantitative estimate of drug-likeness (QED) is 0.208. The summed E-state index contributed by atoms with van der Waals surface area (Å²) < 4.78 is 6.29. The summed E-state index contributed by atoms with van der Waals surface area (Å²) in [5.74, 6) is 1.91. The van der Waals surface area contributed by atoms with Crippen molar-refractivity contribution in [2.75, 3.05) is 7.11 Å². The predicted octanol–water partition coefficient (Wildman–Crippen LogP) is 12.5. The van der Waals surface area contributed by atoms with Gasteiger partial charge in [-0.25, -0.2) is 0 Å². The molecule has 0 saturated carbocycles. The maximum atomic E-state index is 6.29. The Morgan fingerprint density at radius 3 is 1.62 bits per heavy atom. The number of benzene rings is 4. The summed E-state index contributed by atoms with van der Waals surface area (Å²) in [7, 11) is 1.85. The van der Waals surface area contributed by atoms with Crippen LogP contribution in [0.25, 0.3) is 34.4 Å². The molecular formula is C46H52O. The molecule has 1 nitrogen and oxygen atoms in total. The van der Waals surface area contributed by atoms with Crippen LogP contribution < -0.4 is 4.74 Å². The monoisotopic (exact) mass is 620 g/mol. The largest absolute Gasteiger partial charge is 0.496 e. The van der Waals surface area contributed by atoms with Crippen LogP contribution in [0, 0.1) is 27.7 Å². The van der Waals surface area contributed by atoms with Crippen LogP contribution in [-0.4, -0.2) is 7.11 Å². The number of methoxy groups -OCH3 is 1. The number of hydrogen-bond acceptors (Lipinski definition) is 1. The molecular weight excluding hydrogens is 569 g/mol. The van der Waals surface area contributed by atoms with Crippen LogP contribution in [-0.2, 0) is 18.3 Å². The molecule has 242 valence electrons. The van der Waals surface area contributed by atoms with Crippen LogP contribution in [0.2, 0.25) is 0 Å². The Bertz CT molecular complexity index is 1950. The maximum absolute atomic E-state index is 6.29. The van der Waals surface area contributed by atoms with Gasteiger partial charge in [-0.1, -0.05) is 115 Å². The van der Waals surface area contributed by atoms with E-state index in [1.165, 1.54) is 97.2 Å². The fraction of sp³-hybridized carbons (Fsp3) is 0.391. The van der Waals surface area contributed by atoms with E-state index in [9.17, 15) is 0 Å². The number of aryl methyl sites for hydroxylation is 5. The lowest BCUT2D eigenvalue weighted by Crippen LogP contribution is -2.15. The highest BCUT2D eigenvalue weighted by Gasteiger charge is 2.35. The standard InChI is InChI=1S/C46H52O/c1-26-16-27(2)19-33(18-26)43-37-13-11-12-32(37)24-38-35(30(5)22-40(38)43)14-15-36-31(6)23-41-39(36)25-42(46(7,8)9)45(47-10)44(41)34-20-28(3)17-29(4)21-34/h16-25,35-36H,11-15H2,1-10H3. The second-order valence-electron chi connectivity index (χ2n) is 16.0. The molecule has 4 aromatic carbocycles. The first-order chi connectivity index (χ1) is 22.3. The minimum Gasteiger partial charge on any atom is -0.496 e. The van der Waals surface area contributed by atoms with Crippen molar-refractivity contribution in [1.29, 1.82) is 0 Å². The van der Waals surface area contributed by atoms with Crippen molar-refractivity contribution in [2.24, 2.45) is 0 Å². The second-order valence-corrected chi connectivity index (χ2v) is 16.0. The molecule has 0 aliphatic heterocycles. The van der Waals surface area contributed by atoms with Crippen molar-refractivity contribution in [1.82, 2.24) is 0 Å². The molecule has 2 unspecified atom stereocenters. The van der Waals surface area contributed by atoms with Crippen LogP contribution >= 0.6 is 0 Å². The number of rotatable bonds is 6. The van der Waals surface area contributed by atoms with Crippen molar-refractivity contribution < 1.29 is 4.74 Å². The van der Waals surface area contributed by atoms with Gasteiger partial charge in [0.1, 0.15) is 5.75 Å². The molecule has 0 spiro atoms. The summed E-state index contributed by atoms with van der Waals surface area (Å²) in [5, 5.41) is 0. The van der Waals surface area contributed by atoms with Crippen LogP contribution in [0.3, 0.4) is 0 Å². The third-order valence-electron chi connectivity index (χ3n) is 11.2. The normalized spacial score (nSPS) is 18.2. The number of fused-ring (bicyclic) bond motifs is 3. The van der Waals surface area contributed by atoms with Crippen molar-refractivity contribution in [2.45, 2.75) is 112 Å². The Hall–Kier alpha value is -3.84. The molecule has 0 radical (unpaired) electrons. The Morgan fingerprint density at radius 2 is 1.11 bits per heavy atom. The number of allylic oxidation sites excluding steroid dienone is 2. The highest BCUT2D eigenvalue weighted by molar-refractivity contribution is 5.88. The van der Waals surface area contributed by atoms with Crippen molar-refractivity contribution >= 4 is 12.2 Å². The van der Waals surface area contributed by atoms with Gasteiger partial charge in [-0.15, -0.1) is 0 Å². The highest BCUT2D eigenvalue weighted by Crippen LogP contribution is 2.53. The molecule has 4 aromatic rings. The molecule has 0 bridgehead atoms. The molecule has 2 atom stereocenters. The first-order valence-electron chi connectivity index (χ1n) is 17.8. The van der Waals surface area contributed by atoms with Crippen molar-refractivity contribution in [3.63, 3.8) is 0 Å². The molecule has 0 fully saturated rings. The Labute approximate surface area is 283 Å². The van der Waals surface area contributed by atoms with Gasteiger partial charge in [0.25, 0.3) is 0 Å². The predicted molar refractivity (Wildman–Crippen MR) is 202 cm³/mol. The van der Waals surface area contributed by atoms with Gasteiger partial charge in [-0.2, -0.15) is 0 Å². The zero-order valence-corrected chi connectivity index (χ0v) is 30.4. The van der Waals surface area contributed by atoms with E-state index in [1.54, 1.807) is 16.7 Å². The summed E-state index contributed by atoms with van der Waals surface area (Å²) in [6.07, 6.45) is 11.0. The molecule has 1 heteroatoms. The van der Waals surface area contributed by atoms with Crippen LogP contribution in [0.4, 0.5) is 0 Å². The van der Waals surface area contributed by atoms with Crippen LogP contribution in [0.5, 0.6) is 5.75 Å². The molecule has 3 aliphatic carbocycles. The van der Waals surface area contributed by atoms with Crippen molar-refractivity contribution in [3.05, 3.63) is 121 Å². The van der Waals surface area contributed by atoms with Crippen LogP contribution in [0.15, 0.2) is 59.7 Å². The third kappa shape index (κ3) is 5.50. The van der Waals surface area contributed by atoms with E-state index in [1.807, 2.05) is 7.11 Å². The van der Waals surface area contributed by atoms with Gasteiger partial charge < -0.3 is 4.74 Å².